The number of rotatable bonds is 6. The molecule has 1 aliphatic heterocycles. The number of para-hydroxylation sites is 1. The van der Waals surface area contributed by atoms with Gasteiger partial charge in [-0.15, -0.1) is 0 Å². The number of nitrogens with one attached hydrogen (secondary N) is 2. The molecule has 27 heavy (non-hydrogen) atoms. The van der Waals surface area contributed by atoms with Crippen LogP contribution in [0.5, 0.6) is 0 Å². The van der Waals surface area contributed by atoms with Crippen molar-refractivity contribution in [2.45, 2.75) is 38.5 Å². The topological polar surface area (TPSA) is 78.5 Å². The summed E-state index contributed by atoms with van der Waals surface area (Å²) in [6.07, 6.45) is 5.61. The molecule has 1 saturated heterocycles. The maximum atomic E-state index is 12.4. The van der Waals surface area contributed by atoms with Crippen LogP contribution in [0.1, 0.15) is 38.5 Å². The molecular formula is C20H26BrN3O3. The van der Waals surface area contributed by atoms with Crippen LogP contribution in [0.2, 0.25) is 0 Å². The van der Waals surface area contributed by atoms with Gasteiger partial charge in [0.2, 0.25) is 17.7 Å². The highest BCUT2D eigenvalue weighted by atomic mass is 79.9. The lowest BCUT2D eigenvalue weighted by molar-refractivity contribution is -0.127. The number of benzene rings is 1. The summed E-state index contributed by atoms with van der Waals surface area (Å²) in [6, 6.07) is 7.50. The van der Waals surface area contributed by atoms with Crippen LogP contribution in [-0.4, -0.2) is 37.4 Å². The Bertz CT molecular complexity index is 703. The summed E-state index contributed by atoms with van der Waals surface area (Å²) in [5, 5.41) is 5.76. The predicted molar refractivity (Wildman–Crippen MR) is 107 cm³/mol. The van der Waals surface area contributed by atoms with E-state index in [9.17, 15) is 14.4 Å². The molecule has 0 spiro atoms. The van der Waals surface area contributed by atoms with Crippen molar-refractivity contribution in [1.29, 1.82) is 0 Å². The summed E-state index contributed by atoms with van der Waals surface area (Å²) in [6.45, 7) is 1.19. The van der Waals surface area contributed by atoms with Gasteiger partial charge in [0.05, 0.1) is 11.6 Å². The Kier molecular flexibility index (Phi) is 6.88. The van der Waals surface area contributed by atoms with Crippen molar-refractivity contribution in [3.63, 3.8) is 0 Å². The lowest BCUT2D eigenvalue weighted by Crippen LogP contribution is -2.40. The Morgan fingerprint density at radius 3 is 2.30 bits per heavy atom. The van der Waals surface area contributed by atoms with Crippen molar-refractivity contribution in [1.82, 2.24) is 10.6 Å². The Morgan fingerprint density at radius 2 is 1.63 bits per heavy atom. The zero-order chi connectivity index (χ0) is 19.2. The van der Waals surface area contributed by atoms with E-state index in [1.165, 1.54) is 6.42 Å². The molecule has 1 heterocycles. The highest BCUT2D eigenvalue weighted by Crippen LogP contribution is 2.31. The molecule has 0 radical (unpaired) electrons. The second-order valence-electron chi connectivity index (χ2n) is 7.27. The van der Waals surface area contributed by atoms with Crippen LogP contribution < -0.4 is 15.5 Å². The normalized spacial score (nSPS) is 20.6. The molecule has 3 amide bonds. The van der Waals surface area contributed by atoms with Crippen molar-refractivity contribution in [2.24, 2.45) is 11.8 Å². The molecule has 2 aliphatic rings. The second kappa shape index (κ2) is 9.35. The number of nitrogens with zero attached hydrogens (tertiary/aromatic N) is 1. The van der Waals surface area contributed by atoms with Crippen molar-refractivity contribution in [3.8, 4) is 0 Å². The second-order valence-corrected chi connectivity index (χ2v) is 8.13. The van der Waals surface area contributed by atoms with E-state index in [-0.39, 0.29) is 36.0 Å². The first-order valence-electron chi connectivity index (χ1n) is 9.66. The van der Waals surface area contributed by atoms with E-state index in [0.29, 0.717) is 19.6 Å². The first-order chi connectivity index (χ1) is 13.1. The van der Waals surface area contributed by atoms with Gasteiger partial charge in [-0.25, -0.2) is 0 Å². The molecule has 1 saturated carbocycles. The molecule has 2 fully saturated rings. The molecule has 6 nitrogen and oxygen atoms in total. The molecule has 1 unspecified atom stereocenters. The predicted octanol–water partition coefficient (Wildman–Crippen LogP) is 2.61. The number of hydrogen-bond acceptors (Lipinski definition) is 3. The zero-order valence-electron chi connectivity index (χ0n) is 15.4. The highest BCUT2D eigenvalue weighted by Gasteiger charge is 2.35. The monoisotopic (exact) mass is 435 g/mol. The number of hydrogen-bond donors (Lipinski definition) is 2. The van der Waals surface area contributed by atoms with Gasteiger partial charge in [0.25, 0.3) is 0 Å². The Morgan fingerprint density at radius 1 is 1.00 bits per heavy atom. The van der Waals surface area contributed by atoms with E-state index in [4.69, 9.17) is 0 Å². The number of amides is 3. The third kappa shape index (κ3) is 5.09. The van der Waals surface area contributed by atoms with E-state index in [0.717, 1.165) is 35.8 Å². The summed E-state index contributed by atoms with van der Waals surface area (Å²) < 4.78 is 0.838. The van der Waals surface area contributed by atoms with Crippen molar-refractivity contribution < 1.29 is 14.4 Å². The van der Waals surface area contributed by atoms with Crippen molar-refractivity contribution >= 4 is 39.3 Å². The van der Waals surface area contributed by atoms with E-state index in [1.807, 2.05) is 24.3 Å². The summed E-state index contributed by atoms with van der Waals surface area (Å²) in [7, 11) is 0. The fourth-order valence-electron chi connectivity index (χ4n) is 3.81. The van der Waals surface area contributed by atoms with Gasteiger partial charge in [-0.05, 0) is 40.9 Å². The largest absolute Gasteiger partial charge is 0.354 e. The minimum atomic E-state index is -0.362. The smallest absolute Gasteiger partial charge is 0.227 e. The molecule has 0 bridgehead atoms. The SMILES string of the molecule is O=C(NCCNC(=O)C1CC(=O)N(c2ccccc2Br)C1)C1CCCCC1. The van der Waals surface area contributed by atoms with Crippen LogP contribution >= 0.6 is 15.9 Å². The molecule has 146 valence electrons. The van der Waals surface area contributed by atoms with Crippen molar-refractivity contribution in [2.75, 3.05) is 24.5 Å². The van der Waals surface area contributed by atoms with Gasteiger partial charge in [0.15, 0.2) is 0 Å². The van der Waals surface area contributed by atoms with E-state index >= 15 is 0 Å². The number of carbonyl (C=O) groups excluding carboxylic acids is 3. The molecule has 7 heteroatoms. The van der Waals surface area contributed by atoms with Crippen LogP contribution in [-0.2, 0) is 14.4 Å². The third-order valence-electron chi connectivity index (χ3n) is 5.34. The number of halogens is 1. The van der Waals surface area contributed by atoms with Gasteiger partial charge < -0.3 is 15.5 Å². The van der Waals surface area contributed by atoms with Gasteiger partial charge >= 0.3 is 0 Å². The van der Waals surface area contributed by atoms with Crippen LogP contribution in [0.4, 0.5) is 5.69 Å². The summed E-state index contributed by atoms with van der Waals surface area (Å²) in [5.41, 5.74) is 0.789. The Balaban J connectivity index is 1.42. The lowest BCUT2D eigenvalue weighted by Gasteiger charge is -2.21. The third-order valence-corrected chi connectivity index (χ3v) is 6.01. The quantitative estimate of drug-likeness (QED) is 0.673. The molecule has 1 aromatic rings. The fourth-order valence-corrected chi connectivity index (χ4v) is 4.31. The first-order valence-corrected chi connectivity index (χ1v) is 10.5. The average molecular weight is 436 g/mol. The van der Waals surface area contributed by atoms with E-state index < -0.39 is 0 Å². The average Bonchev–Trinajstić information content (AvgIpc) is 3.07. The van der Waals surface area contributed by atoms with Gasteiger partial charge in [0.1, 0.15) is 0 Å². The Labute approximate surface area is 168 Å². The van der Waals surface area contributed by atoms with Crippen LogP contribution in [0, 0.1) is 11.8 Å². The molecular weight excluding hydrogens is 410 g/mol. The van der Waals surface area contributed by atoms with Crippen molar-refractivity contribution in [3.05, 3.63) is 28.7 Å². The standard InChI is InChI=1S/C20H26BrN3O3/c21-16-8-4-5-9-17(16)24-13-15(12-18(24)25)20(27)23-11-10-22-19(26)14-6-2-1-3-7-14/h4-5,8-9,14-15H,1-3,6-7,10-13H2,(H,22,26)(H,23,27). The van der Waals surface area contributed by atoms with Crippen LogP contribution in [0.15, 0.2) is 28.7 Å². The molecule has 1 aromatic carbocycles. The van der Waals surface area contributed by atoms with E-state index in [2.05, 4.69) is 26.6 Å². The number of carbonyl (C=O) groups is 3. The lowest BCUT2D eigenvalue weighted by atomic mass is 9.89. The first kappa shape index (κ1) is 19.9. The highest BCUT2D eigenvalue weighted by molar-refractivity contribution is 9.10. The molecule has 2 N–H and O–H groups in total. The number of anilines is 1. The fraction of sp³-hybridized carbons (Fsp3) is 0.550. The summed E-state index contributed by atoms with van der Waals surface area (Å²) in [4.78, 5) is 38.4. The maximum Gasteiger partial charge on any atom is 0.227 e. The van der Waals surface area contributed by atoms with Gasteiger partial charge in [-0.3, -0.25) is 14.4 Å². The van der Waals surface area contributed by atoms with Gasteiger partial charge in [-0.2, -0.15) is 0 Å². The molecule has 1 aliphatic carbocycles. The summed E-state index contributed by atoms with van der Waals surface area (Å²) >= 11 is 3.45. The molecule has 3 rings (SSSR count). The van der Waals surface area contributed by atoms with E-state index in [1.54, 1.807) is 4.90 Å². The minimum absolute atomic E-state index is 0.0485. The zero-order valence-corrected chi connectivity index (χ0v) is 17.0. The Hall–Kier alpha value is -1.89. The van der Waals surface area contributed by atoms with Gasteiger partial charge in [-0.1, -0.05) is 31.4 Å². The van der Waals surface area contributed by atoms with Gasteiger partial charge in [0, 0.05) is 36.4 Å². The van der Waals surface area contributed by atoms with Crippen LogP contribution in [0.3, 0.4) is 0 Å². The maximum absolute atomic E-state index is 12.4. The summed E-state index contributed by atoms with van der Waals surface area (Å²) in [5.74, 6) is -0.323. The van der Waals surface area contributed by atoms with Crippen LogP contribution in [0.25, 0.3) is 0 Å². The molecule has 1 atom stereocenters. The molecule has 0 aromatic heterocycles. The minimum Gasteiger partial charge on any atom is -0.354 e.